The molecule has 3 heteroatoms. The Kier molecular flexibility index (Phi) is 2.49. The number of hydrogen-bond acceptors (Lipinski definition) is 2. The number of likely N-dealkylation sites (tertiary alicyclic amines) is 1. The third kappa shape index (κ3) is 1.54. The first-order valence-electron chi connectivity index (χ1n) is 7.45. The van der Waals surface area contributed by atoms with Gasteiger partial charge in [-0.25, -0.2) is 0 Å². The van der Waals surface area contributed by atoms with Crippen LogP contribution in [0.1, 0.15) is 18.9 Å². The first-order chi connectivity index (χ1) is 10.2. The summed E-state index contributed by atoms with van der Waals surface area (Å²) in [5.74, 6) is -0.0681. The van der Waals surface area contributed by atoms with Crippen LogP contribution in [0.25, 0.3) is 0 Å². The molecule has 1 saturated carbocycles. The fraction of sp³-hybridized carbons (Fsp3) is 0.333. The third-order valence-electron chi connectivity index (χ3n) is 4.99. The summed E-state index contributed by atoms with van der Waals surface area (Å²) in [5.41, 5.74) is 0.0693. The van der Waals surface area contributed by atoms with Crippen molar-refractivity contribution in [3.05, 3.63) is 60.2 Å². The molecule has 1 aromatic carbocycles. The van der Waals surface area contributed by atoms with Crippen LogP contribution in [0.2, 0.25) is 0 Å². The van der Waals surface area contributed by atoms with Gasteiger partial charge in [0.25, 0.3) is 0 Å². The minimum atomic E-state index is -0.838. The van der Waals surface area contributed by atoms with E-state index in [0.717, 1.165) is 12.0 Å². The molecule has 1 aliphatic heterocycles. The van der Waals surface area contributed by atoms with E-state index in [2.05, 4.69) is 6.92 Å². The van der Waals surface area contributed by atoms with E-state index in [1.165, 1.54) is 4.90 Å². The molecule has 1 heterocycles. The minimum Gasteiger partial charge on any atom is -0.278 e. The van der Waals surface area contributed by atoms with Gasteiger partial charge < -0.3 is 0 Å². The zero-order valence-electron chi connectivity index (χ0n) is 11.9. The van der Waals surface area contributed by atoms with Crippen molar-refractivity contribution in [2.45, 2.75) is 24.8 Å². The predicted molar refractivity (Wildman–Crippen MR) is 79.3 cm³/mol. The van der Waals surface area contributed by atoms with Gasteiger partial charge in [-0.15, -0.1) is 0 Å². The van der Waals surface area contributed by atoms with Gasteiger partial charge in [0, 0.05) is 6.04 Å². The van der Waals surface area contributed by atoms with Crippen molar-refractivity contribution in [1.29, 1.82) is 0 Å². The lowest BCUT2D eigenvalue weighted by atomic mass is 9.69. The van der Waals surface area contributed by atoms with Crippen molar-refractivity contribution in [3.8, 4) is 0 Å². The normalized spacial score (nSPS) is 37.0. The molecule has 0 bridgehead atoms. The first-order valence-corrected chi connectivity index (χ1v) is 7.45. The molecular weight excluding hydrogens is 262 g/mol. The van der Waals surface area contributed by atoms with Crippen LogP contribution in [0.5, 0.6) is 0 Å². The number of fused-ring (bicyclic) bond motifs is 1. The number of benzene rings is 1. The van der Waals surface area contributed by atoms with Crippen LogP contribution in [0.15, 0.2) is 54.6 Å². The summed E-state index contributed by atoms with van der Waals surface area (Å²) in [7, 11) is 0. The number of nitrogens with zero attached hydrogens (tertiary/aromatic N) is 1. The Morgan fingerprint density at radius 3 is 2.52 bits per heavy atom. The molecule has 3 nitrogen and oxygen atoms in total. The van der Waals surface area contributed by atoms with E-state index in [4.69, 9.17) is 0 Å². The Labute approximate surface area is 123 Å². The van der Waals surface area contributed by atoms with Gasteiger partial charge in [-0.3, -0.25) is 14.5 Å². The smallest absolute Gasteiger partial charge is 0.245 e. The lowest BCUT2D eigenvalue weighted by Gasteiger charge is -2.29. The zero-order valence-corrected chi connectivity index (χ0v) is 11.9. The van der Waals surface area contributed by atoms with Gasteiger partial charge in [-0.2, -0.15) is 0 Å². The average molecular weight is 279 g/mol. The van der Waals surface area contributed by atoms with Crippen LogP contribution >= 0.6 is 0 Å². The summed E-state index contributed by atoms with van der Waals surface area (Å²) < 4.78 is 0. The number of rotatable bonds is 2. The van der Waals surface area contributed by atoms with Gasteiger partial charge in [0.1, 0.15) is 5.41 Å². The molecule has 0 spiro atoms. The number of amides is 2. The van der Waals surface area contributed by atoms with Crippen molar-refractivity contribution in [1.82, 2.24) is 4.90 Å². The van der Waals surface area contributed by atoms with Gasteiger partial charge in [-0.1, -0.05) is 61.6 Å². The Bertz CT molecular complexity index is 676. The van der Waals surface area contributed by atoms with Gasteiger partial charge in [0.2, 0.25) is 11.8 Å². The Balaban J connectivity index is 1.87. The molecule has 106 valence electrons. The first kappa shape index (κ1) is 12.6. The molecule has 0 N–H and O–H groups in total. The fourth-order valence-corrected chi connectivity index (χ4v) is 3.66. The standard InChI is InChI=1S/C18H17NO2/c1-12-11-15(12)19-16(20)14-9-5-6-10-18(14,17(19)21)13-7-3-2-4-8-13/h2-10,12,14-15H,11H2,1H3. The molecule has 2 aliphatic carbocycles. The van der Waals surface area contributed by atoms with Gasteiger partial charge in [-0.05, 0) is 17.9 Å². The molecule has 2 fully saturated rings. The summed E-state index contributed by atoms with van der Waals surface area (Å²) in [6.45, 7) is 2.09. The summed E-state index contributed by atoms with van der Waals surface area (Å²) in [4.78, 5) is 27.4. The Hall–Kier alpha value is -2.16. The molecular formula is C18H17NO2. The van der Waals surface area contributed by atoms with Crippen LogP contribution in [0, 0.1) is 11.8 Å². The SMILES string of the molecule is CC1CC1N1C(=O)C2C=CC=CC2(c2ccccc2)C1=O. The van der Waals surface area contributed by atoms with Crippen molar-refractivity contribution in [2.24, 2.45) is 11.8 Å². The highest BCUT2D eigenvalue weighted by molar-refractivity contribution is 6.13. The summed E-state index contributed by atoms with van der Waals surface area (Å²) in [6.07, 6.45) is 8.47. The number of hydrogen-bond donors (Lipinski definition) is 0. The fourth-order valence-electron chi connectivity index (χ4n) is 3.66. The molecule has 0 aromatic heterocycles. The van der Waals surface area contributed by atoms with Crippen molar-refractivity contribution >= 4 is 11.8 Å². The molecule has 2 amide bonds. The topological polar surface area (TPSA) is 37.4 Å². The maximum absolute atomic E-state index is 13.1. The van der Waals surface area contributed by atoms with Crippen LogP contribution in [0.3, 0.4) is 0 Å². The molecule has 0 radical (unpaired) electrons. The second kappa shape index (κ2) is 4.17. The Morgan fingerprint density at radius 2 is 1.86 bits per heavy atom. The zero-order chi connectivity index (χ0) is 14.6. The molecule has 4 rings (SSSR count). The van der Waals surface area contributed by atoms with E-state index in [0.29, 0.717) is 5.92 Å². The lowest BCUT2D eigenvalue weighted by Crippen LogP contribution is -2.40. The van der Waals surface area contributed by atoms with E-state index < -0.39 is 11.3 Å². The number of imide groups is 1. The molecule has 1 saturated heterocycles. The molecule has 3 aliphatic rings. The minimum absolute atomic E-state index is 0.0428. The number of carbonyl (C=O) groups excluding carboxylic acids is 2. The van der Waals surface area contributed by atoms with E-state index in [-0.39, 0.29) is 17.9 Å². The Morgan fingerprint density at radius 1 is 1.14 bits per heavy atom. The highest BCUT2D eigenvalue weighted by Crippen LogP contribution is 2.49. The maximum Gasteiger partial charge on any atom is 0.245 e. The summed E-state index contributed by atoms with van der Waals surface area (Å²) >= 11 is 0. The lowest BCUT2D eigenvalue weighted by molar-refractivity contribution is -0.140. The average Bonchev–Trinajstić information content (AvgIpc) is 3.18. The van der Waals surface area contributed by atoms with E-state index in [1.807, 2.05) is 54.6 Å². The van der Waals surface area contributed by atoms with Gasteiger partial charge in [0.05, 0.1) is 5.92 Å². The van der Waals surface area contributed by atoms with Crippen molar-refractivity contribution in [3.63, 3.8) is 0 Å². The number of allylic oxidation sites excluding steroid dienone is 2. The predicted octanol–water partition coefficient (Wildman–Crippen LogP) is 2.44. The van der Waals surface area contributed by atoms with Crippen LogP contribution in [0.4, 0.5) is 0 Å². The quantitative estimate of drug-likeness (QED) is 0.780. The number of carbonyl (C=O) groups is 2. The highest BCUT2D eigenvalue weighted by Gasteiger charge is 2.62. The summed E-state index contributed by atoms with van der Waals surface area (Å²) in [6, 6.07) is 9.77. The van der Waals surface area contributed by atoms with Crippen LogP contribution < -0.4 is 0 Å². The van der Waals surface area contributed by atoms with Crippen LogP contribution in [-0.2, 0) is 15.0 Å². The third-order valence-corrected chi connectivity index (χ3v) is 4.99. The van der Waals surface area contributed by atoms with Gasteiger partial charge >= 0.3 is 0 Å². The summed E-state index contributed by atoms with van der Waals surface area (Å²) in [5, 5.41) is 0. The second-order valence-electron chi connectivity index (χ2n) is 6.25. The largest absolute Gasteiger partial charge is 0.278 e. The van der Waals surface area contributed by atoms with Crippen molar-refractivity contribution < 1.29 is 9.59 Å². The molecule has 21 heavy (non-hydrogen) atoms. The monoisotopic (exact) mass is 279 g/mol. The van der Waals surface area contributed by atoms with E-state index in [9.17, 15) is 9.59 Å². The van der Waals surface area contributed by atoms with E-state index >= 15 is 0 Å². The highest BCUT2D eigenvalue weighted by atomic mass is 16.2. The maximum atomic E-state index is 13.1. The molecule has 4 unspecified atom stereocenters. The van der Waals surface area contributed by atoms with Crippen LogP contribution in [-0.4, -0.2) is 22.8 Å². The van der Waals surface area contributed by atoms with E-state index in [1.54, 1.807) is 0 Å². The molecule has 1 aromatic rings. The molecule has 4 atom stereocenters. The van der Waals surface area contributed by atoms with Gasteiger partial charge in [0.15, 0.2) is 0 Å². The second-order valence-corrected chi connectivity index (χ2v) is 6.25. The van der Waals surface area contributed by atoms with Crippen molar-refractivity contribution in [2.75, 3.05) is 0 Å².